The average Bonchev–Trinajstić information content (AvgIpc) is 2.27. The van der Waals surface area contributed by atoms with Gasteiger partial charge in [-0.2, -0.15) is 0 Å². The third-order valence-electron chi connectivity index (χ3n) is 2.48. The number of benzene rings is 1. The molecule has 1 N–H and O–H groups in total. The van der Waals surface area contributed by atoms with Gasteiger partial charge in [-0.15, -0.1) is 0 Å². The van der Waals surface area contributed by atoms with Crippen LogP contribution in [0.5, 0.6) is 5.75 Å². The summed E-state index contributed by atoms with van der Waals surface area (Å²) in [5.74, 6) is 1.03. The van der Waals surface area contributed by atoms with Crippen LogP contribution in [0.25, 0.3) is 0 Å². The van der Waals surface area contributed by atoms with Crippen molar-refractivity contribution in [3.63, 3.8) is 0 Å². The van der Waals surface area contributed by atoms with Crippen LogP contribution in [-0.4, -0.2) is 19.7 Å². The van der Waals surface area contributed by atoms with Crippen molar-refractivity contribution in [2.75, 3.05) is 13.6 Å². The molecular weight excluding hydrogens is 186 g/mol. The summed E-state index contributed by atoms with van der Waals surface area (Å²) in [6, 6.07) is 8.26. The number of rotatable bonds is 6. The van der Waals surface area contributed by atoms with Gasteiger partial charge in [-0.1, -0.05) is 25.1 Å². The third kappa shape index (κ3) is 3.92. The molecule has 84 valence electrons. The second kappa shape index (κ2) is 6.46. The van der Waals surface area contributed by atoms with Gasteiger partial charge in [0.1, 0.15) is 5.75 Å². The van der Waals surface area contributed by atoms with Crippen LogP contribution in [0, 0.1) is 0 Å². The van der Waals surface area contributed by atoms with E-state index in [1.165, 1.54) is 5.56 Å². The lowest BCUT2D eigenvalue weighted by atomic mass is 10.1. The topological polar surface area (TPSA) is 21.3 Å². The van der Waals surface area contributed by atoms with Crippen molar-refractivity contribution in [1.82, 2.24) is 5.32 Å². The first-order chi connectivity index (χ1) is 7.27. The summed E-state index contributed by atoms with van der Waals surface area (Å²) in [7, 11) is 1.96. The molecule has 2 nitrogen and oxygen atoms in total. The monoisotopic (exact) mass is 207 g/mol. The van der Waals surface area contributed by atoms with Crippen LogP contribution in [0.3, 0.4) is 0 Å². The highest BCUT2D eigenvalue weighted by atomic mass is 16.5. The minimum atomic E-state index is 0.269. The molecule has 0 saturated carbocycles. The fourth-order valence-corrected chi connectivity index (χ4v) is 1.53. The summed E-state index contributed by atoms with van der Waals surface area (Å²) >= 11 is 0. The Morgan fingerprint density at radius 1 is 1.33 bits per heavy atom. The maximum Gasteiger partial charge on any atom is 0.122 e. The Labute approximate surface area is 92.6 Å². The standard InChI is InChI=1S/C13H21NO/c1-4-12-7-5-6-8-13(12)15-11(2)9-10-14-3/h5-8,11,14H,4,9-10H2,1-3H3. The van der Waals surface area contributed by atoms with E-state index in [1.54, 1.807) is 0 Å². The Kier molecular flexibility index (Phi) is 5.19. The molecular formula is C13H21NO. The van der Waals surface area contributed by atoms with Crippen LogP contribution in [0.2, 0.25) is 0 Å². The fourth-order valence-electron chi connectivity index (χ4n) is 1.53. The van der Waals surface area contributed by atoms with Gasteiger partial charge in [0.05, 0.1) is 6.10 Å². The Bertz CT molecular complexity index is 286. The quantitative estimate of drug-likeness (QED) is 0.774. The van der Waals surface area contributed by atoms with Crippen LogP contribution >= 0.6 is 0 Å². The molecule has 2 heteroatoms. The van der Waals surface area contributed by atoms with Gasteiger partial charge in [0.25, 0.3) is 0 Å². The highest BCUT2D eigenvalue weighted by Crippen LogP contribution is 2.20. The number of ether oxygens (including phenoxy) is 1. The van der Waals surface area contributed by atoms with E-state index in [4.69, 9.17) is 4.74 Å². The van der Waals surface area contributed by atoms with Crippen LogP contribution in [-0.2, 0) is 6.42 Å². The van der Waals surface area contributed by atoms with E-state index < -0.39 is 0 Å². The first-order valence-electron chi connectivity index (χ1n) is 5.67. The maximum absolute atomic E-state index is 5.90. The van der Waals surface area contributed by atoms with Gasteiger partial charge in [-0.25, -0.2) is 0 Å². The third-order valence-corrected chi connectivity index (χ3v) is 2.48. The predicted molar refractivity (Wildman–Crippen MR) is 64.5 cm³/mol. The molecule has 1 atom stereocenters. The largest absolute Gasteiger partial charge is 0.490 e. The van der Waals surface area contributed by atoms with Crippen molar-refractivity contribution in [3.8, 4) is 5.75 Å². The molecule has 15 heavy (non-hydrogen) atoms. The number of hydrogen-bond acceptors (Lipinski definition) is 2. The highest BCUT2D eigenvalue weighted by molar-refractivity contribution is 5.33. The SMILES string of the molecule is CCc1ccccc1OC(C)CCNC. The van der Waals surface area contributed by atoms with Crippen molar-refractivity contribution >= 4 is 0 Å². The zero-order valence-corrected chi connectivity index (χ0v) is 9.92. The Balaban J connectivity index is 2.55. The van der Waals surface area contributed by atoms with Crippen LogP contribution < -0.4 is 10.1 Å². The molecule has 1 aromatic carbocycles. The maximum atomic E-state index is 5.90. The molecule has 1 unspecified atom stereocenters. The number of nitrogens with one attached hydrogen (secondary N) is 1. The van der Waals surface area contributed by atoms with E-state index in [0.717, 1.165) is 25.1 Å². The molecule has 1 aromatic rings. The van der Waals surface area contributed by atoms with Crippen molar-refractivity contribution in [3.05, 3.63) is 29.8 Å². The van der Waals surface area contributed by atoms with Gasteiger partial charge in [-0.3, -0.25) is 0 Å². The molecule has 0 heterocycles. The lowest BCUT2D eigenvalue weighted by Crippen LogP contribution is -2.19. The van der Waals surface area contributed by atoms with Gasteiger partial charge in [0.2, 0.25) is 0 Å². The molecule has 0 fully saturated rings. The summed E-state index contributed by atoms with van der Waals surface area (Å²) in [5, 5.41) is 3.13. The minimum Gasteiger partial charge on any atom is -0.490 e. The van der Waals surface area contributed by atoms with E-state index in [2.05, 4.69) is 37.4 Å². The predicted octanol–water partition coefficient (Wildman–Crippen LogP) is 2.63. The number of hydrogen-bond donors (Lipinski definition) is 1. The number of aryl methyl sites for hydroxylation is 1. The zero-order valence-electron chi connectivity index (χ0n) is 9.92. The molecule has 0 aliphatic heterocycles. The summed E-state index contributed by atoms with van der Waals surface area (Å²) in [4.78, 5) is 0. The van der Waals surface area contributed by atoms with E-state index >= 15 is 0 Å². The van der Waals surface area contributed by atoms with Gasteiger partial charge in [0, 0.05) is 0 Å². The first-order valence-corrected chi connectivity index (χ1v) is 5.67. The van der Waals surface area contributed by atoms with Gasteiger partial charge >= 0.3 is 0 Å². The molecule has 0 aliphatic carbocycles. The van der Waals surface area contributed by atoms with Crippen LogP contribution in [0.1, 0.15) is 25.8 Å². The van der Waals surface area contributed by atoms with E-state index in [-0.39, 0.29) is 6.10 Å². The lowest BCUT2D eigenvalue weighted by molar-refractivity contribution is 0.209. The summed E-state index contributed by atoms with van der Waals surface area (Å²) in [5.41, 5.74) is 1.29. The van der Waals surface area contributed by atoms with Crippen molar-refractivity contribution in [2.45, 2.75) is 32.8 Å². The highest BCUT2D eigenvalue weighted by Gasteiger charge is 2.06. The molecule has 0 spiro atoms. The zero-order chi connectivity index (χ0) is 11.1. The molecule has 0 aromatic heterocycles. The normalized spacial score (nSPS) is 12.5. The van der Waals surface area contributed by atoms with E-state index in [1.807, 2.05) is 13.1 Å². The molecule has 0 bridgehead atoms. The van der Waals surface area contributed by atoms with Gasteiger partial charge in [-0.05, 0) is 45.0 Å². The smallest absolute Gasteiger partial charge is 0.122 e. The van der Waals surface area contributed by atoms with Crippen LogP contribution in [0.4, 0.5) is 0 Å². The molecule has 0 aliphatic rings. The Hall–Kier alpha value is -1.02. The number of para-hydroxylation sites is 1. The second-order valence-corrected chi connectivity index (χ2v) is 3.78. The Morgan fingerprint density at radius 2 is 2.07 bits per heavy atom. The molecule has 1 rings (SSSR count). The van der Waals surface area contributed by atoms with Crippen LogP contribution in [0.15, 0.2) is 24.3 Å². The van der Waals surface area contributed by atoms with Gasteiger partial charge < -0.3 is 10.1 Å². The minimum absolute atomic E-state index is 0.269. The second-order valence-electron chi connectivity index (χ2n) is 3.78. The summed E-state index contributed by atoms with van der Waals surface area (Å²) in [6.07, 6.45) is 2.33. The fraction of sp³-hybridized carbons (Fsp3) is 0.538. The summed E-state index contributed by atoms with van der Waals surface area (Å²) in [6.45, 7) is 5.26. The lowest BCUT2D eigenvalue weighted by Gasteiger charge is -2.16. The van der Waals surface area contributed by atoms with Gasteiger partial charge in [0.15, 0.2) is 0 Å². The van der Waals surface area contributed by atoms with E-state index in [9.17, 15) is 0 Å². The summed E-state index contributed by atoms with van der Waals surface area (Å²) < 4.78 is 5.90. The van der Waals surface area contributed by atoms with Crippen molar-refractivity contribution < 1.29 is 4.74 Å². The average molecular weight is 207 g/mol. The molecule has 0 radical (unpaired) electrons. The molecule has 0 saturated heterocycles. The van der Waals surface area contributed by atoms with Crippen molar-refractivity contribution in [2.24, 2.45) is 0 Å². The van der Waals surface area contributed by atoms with Crippen molar-refractivity contribution in [1.29, 1.82) is 0 Å². The van der Waals surface area contributed by atoms with E-state index in [0.29, 0.717) is 0 Å². The first kappa shape index (κ1) is 12.1. The Morgan fingerprint density at radius 3 is 2.73 bits per heavy atom. The molecule has 0 amide bonds.